The smallest absolute Gasteiger partial charge is 0.265 e. The van der Waals surface area contributed by atoms with Gasteiger partial charge in [-0.15, -0.1) is 0 Å². The number of hydrogen-bond donors (Lipinski definition) is 1. The second-order valence-electron chi connectivity index (χ2n) is 12.7. The highest BCUT2D eigenvalue weighted by Crippen LogP contribution is 2.38. The second-order valence-corrected chi connectivity index (χ2v) is 15.0. The average molecular weight is 738 g/mol. The first-order chi connectivity index (χ1) is 24.2. The van der Waals surface area contributed by atoms with Crippen molar-refractivity contribution in [2.75, 3.05) is 39.3 Å². The van der Waals surface area contributed by atoms with Crippen LogP contribution < -0.4 is 28.6 Å². The topological polar surface area (TPSA) is 124 Å². The molecule has 13 heteroatoms. The summed E-state index contributed by atoms with van der Waals surface area (Å²) in [6.45, 7) is 4.78. The van der Waals surface area contributed by atoms with Crippen LogP contribution >= 0.6 is 11.6 Å². The number of amides is 2. The largest absolute Gasteiger partial charge is 0.497 e. The van der Waals surface area contributed by atoms with Crippen LogP contribution in [0.4, 0.5) is 5.69 Å². The number of hydrogen-bond acceptors (Lipinski definition) is 8. The summed E-state index contributed by atoms with van der Waals surface area (Å²) in [7, 11) is 1.15. The van der Waals surface area contributed by atoms with Crippen molar-refractivity contribution in [3.63, 3.8) is 0 Å². The van der Waals surface area contributed by atoms with Gasteiger partial charge in [-0.25, -0.2) is 8.42 Å². The van der Waals surface area contributed by atoms with E-state index < -0.39 is 40.0 Å². The Bertz CT molecular complexity index is 1930. The molecule has 0 aliphatic carbocycles. The molecular formula is C38H44ClN3O8S. The minimum atomic E-state index is -4.52. The molecule has 0 aliphatic rings. The van der Waals surface area contributed by atoms with E-state index in [0.29, 0.717) is 22.1 Å². The van der Waals surface area contributed by atoms with Crippen LogP contribution in [0.25, 0.3) is 0 Å². The van der Waals surface area contributed by atoms with Crippen LogP contribution in [0.3, 0.4) is 0 Å². The van der Waals surface area contributed by atoms with Crippen molar-refractivity contribution in [1.29, 1.82) is 0 Å². The highest BCUT2D eigenvalue weighted by Gasteiger charge is 2.37. The summed E-state index contributed by atoms with van der Waals surface area (Å²) in [6, 6.07) is 24.0. The Morgan fingerprint density at radius 1 is 0.765 bits per heavy atom. The molecule has 0 radical (unpaired) electrons. The lowest BCUT2D eigenvalue weighted by Gasteiger charge is -2.35. The number of carbonyl (C=O) groups is 2. The third kappa shape index (κ3) is 9.86. The van der Waals surface area contributed by atoms with Crippen molar-refractivity contribution in [1.82, 2.24) is 10.2 Å². The molecule has 4 rings (SSSR count). The Labute approximate surface area is 305 Å². The van der Waals surface area contributed by atoms with E-state index in [4.69, 9.17) is 30.5 Å². The molecule has 0 saturated carbocycles. The molecule has 4 aromatic rings. The van der Waals surface area contributed by atoms with Gasteiger partial charge in [-0.1, -0.05) is 54.1 Å². The summed E-state index contributed by atoms with van der Waals surface area (Å²) < 4.78 is 52.1. The summed E-state index contributed by atoms with van der Waals surface area (Å²) in [5, 5.41) is 3.46. The van der Waals surface area contributed by atoms with Gasteiger partial charge in [0.05, 0.1) is 39.0 Å². The molecule has 0 spiro atoms. The van der Waals surface area contributed by atoms with Crippen molar-refractivity contribution < 1.29 is 37.0 Å². The first kappa shape index (κ1) is 38.9. The second kappa shape index (κ2) is 16.8. The van der Waals surface area contributed by atoms with Crippen LogP contribution in [-0.4, -0.2) is 71.7 Å². The molecule has 0 fully saturated rings. The lowest BCUT2D eigenvalue weighted by atomic mass is 10.0. The number of carbonyl (C=O) groups excluding carboxylic acids is 2. The Morgan fingerprint density at radius 2 is 1.41 bits per heavy atom. The highest BCUT2D eigenvalue weighted by atomic mass is 35.5. The quantitative estimate of drug-likeness (QED) is 0.155. The lowest BCUT2D eigenvalue weighted by Crippen LogP contribution is -2.56. The van der Waals surface area contributed by atoms with Crippen LogP contribution in [0.1, 0.15) is 31.9 Å². The zero-order chi connectivity index (χ0) is 37.3. The number of rotatable bonds is 15. The minimum Gasteiger partial charge on any atom is -0.497 e. The summed E-state index contributed by atoms with van der Waals surface area (Å²) in [5.74, 6) is -0.0801. The normalized spacial score (nSPS) is 12.0. The predicted molar refractivity (Wildman–Crippen MR) is 197 cm³/mol. The van der Waals surface area contributed by atoms with E-state index in [-0.39, 0.29) is 35.0 Å². The monoisotopic (exact) mass is 737 g/mol. The van der Waals surface area contributed by atoms with Crippen molar-refractivity contribution >= 4 is 39.1 Å². The van der Waals surface area contributed by atoms with Gasteiger partial charge in [0, 0.05) is 35.7 Å². The molecule has 272 valence electrons. The van der Waals surface area contributed by atoms with E-state index in [1.165, 1.54) is 57.6 Å². The number of ether oxygens (including phenoxy) is 4. The maximum Gasteiger partial charge on any atom is 0.265 e. The molecule has 0 bridgehead atoms. The van der Waals surface area contributed by atoms with Crippen LogP contribution in [0, 0.1) is 0 Å². The maximum absolute atomic E-state index is 14.9. The molecule has 0 aromatic heterocycles. The first-order valence-corrected chi connectivity index (χ1v) is 17.9. The van der Waals surface area contributed by atoms with Gasteiger partial charge in [0.15, 0.2) is 11.5 Å². The predicted octanol–water partition coefficient (Wildman–Crippen LogP) is 6.12. The summed E-state index contributed by atoms with van der Waals surface area (Å²) in [6.07, 6.45) is 0.153. The Kier molecular flexibility index (Phi) is 12.8. The third-order valence-electron chi connectivity index (χ3n) is 7.89. The molecule has 0 heterocycles. The van der Waals surface area contributed by atoms with Gasteiger partial charge in [0.2, 0.25) is 11.8 Å². The average Bonchev–Trinajstić information content (AvgIpc) is 3.10. The van der Waals surface area contributed by atoms with Crippen LogP contribution in [0.5, 0.6) is 23.0 Å². The first-order valence-electron chi connectivity index (χ1n) is 16.1. The van der Waals surface area contributed by atoms with Gasteiger partial charge < -0.3 is 29.2 Å². The Morgan fingerprint density at radius 3 is 2.02 bits per heavy atom. The van der Waals surface area contributed by atoms with Crippen LogP contribution in [-0.2, 0) is 32.6 Å². The maximum atomic E-state index is 14.9. The molecule has 1 atom stereocenters. The van der Waals surface area contributed by atoms with Gasteiger partial charge >= 0.3 is 0 Å². The lowest BCUT2D eigenvalue weighted by molar-refractivity contribution is -0.140. The zero-order valence-corrected chi connectivity index (χ0v) is 31.4. The Hall–Kier alpha value is -4.94. The Balaban J connectivity index is 1.91. The molecule has 0 saturated heterocycles. The molecular weight excluding hydrogens is 694 g/mol. The van der Waals surface area contributed by atoms with E-state index in [1.54, 1.807) is 36.4 Å². The van der Waals surface area contributed by atoms with Crippen molar-refractivity contribution in [3.05, 3.63) is 107 Å². The number of halogens is 1. The fourth-order valence-electron chi connectivity index (χ4n) is 5.45. The SMILES string of the molecule is COc1ccc(OC)c(N(CC(=O)N(Cc2cccc(Cl)c2)[C@@H](Cc2ccccc2)C(=O)NC(C)(C)C)S(=O)(=O)c2ccc(OC)c(OC)c2)c1. The number of nitrogens with zero attached hydrogens (tertiary/aromatic N) is 2. The molecule has 0 unspecified atom stereocenters. The van der Waals surface area contributed by atoms with Crippen molar-refractivity contribution in [2.24, 2.45) is 0 Å². The molecule has 1 N–H and O–H groups in total. The fraction of sp³-hybridized carbons (Fsp3) is 0.316. The third-order valence-corrected chi connectivity index (χ3v) is 9.88. The van der Waals surface area contributed by atoms with E-state index in [2.05, 4.69) is 5.32 Å². The molecule has 4 aromatic carbocycles. The number of nitrogens with one attached hydrogen (secondary N) is 1. The van der Waals surface area contributed by atoms with Crippen LogP contribution in [0.15, 0.2) is 95.9 Å². The van der Waals surface area contributed by atoms with Crippen molar-refractivity contribution in [3.8, 4) is 23.0 Å². The van der Waals surface area contributed by atoms with Gasteiger partial charge in [-0.05, 0) is 68.3 Å². The van der Waals surface area contributed by atoms with Gasteiger partial charge in [-0.3, -0.25) is 13.9 Å². The number of anilines is 1. The van der Waals surface area contributed by atoms with Crippen LogP contribution in [0.2, 0.25) is 5.02 Å². The van der Waals surface area contributed by atoms with E-state index in [1.807, 2.05) is 51.1 Å². The van der Waals surface area contributed by atoms with Gasteiger partial charge in [0.25, 0.3) is 10.0 Å². The van der Waals surface area contributed by atoms with Gasteiger partial charge in [0.1, 0.15) is 24.1 Å². The zero-order valence-electron chi connectivity index (χ0n) is 29.8. The standard InChI is InChI=1S/C38H44ClN3O8S/c1-38(2,3)40-37(44)32(21-26-12-9-8-10-13-26)41(24-27-14-11-15-28(39)20-27)36(43)25-42(31-22-29(47-4)16-18-33(31)48-5)51(45,46)30-17-19-34(49-6)35(23-30)50-7/h8-20,22-23,32H,21,24-25H2,1-7H3,(H,40,44)/t32-/m0/s1. The molecule has 51 heavy (non-hydrogen) atoms. The fourth-order valence-corrected chi connectivity index (χ4v) is 7.09. The number of methoxy groups -OCH3 is 4. The van der Waals surface area contributed by atoms with Gasteiger partial charge in [-0.2, -0.15) is 0 Å². The van der Waals surface area contributed by atoms with Crippen molar-refractivity contribution in [2.45, 2.75) is 50.2 Å². The van der Waals surface area contributed by atoms with E-state index in [0.717, 1.165) is 9.87 Å². The number of sulfonamides is 1. The molecule has 0 aliphatic heterocycles. The van der Waals surface area contributed by atoms with E-state index >= 15 is 0 Å². The minimum absolute atomic E-state index is 0.0430. The highest BCUT2D eigenvalue weighted by molar-refractivity contribution is 7.92. The summed E-state index contributed by atoms with van der Waals surface area (Å²) in [5.41, 5.74) is 0.861. The summed E-state index contributed by atoms with van der Waals surface area (Å²) in [4.78, 5) is 30.2. The number of benzene rings is 4. The van der Waals surface area contributed by atoms with E-state index in [9.17, 15) is 18.0 Å². The molecule has 11 nitrogen and oxygen atoms in total. The molecule has 2 amide bonds. The summed E-state index contributed by atoms with van der Waals surface area (Å²) >= 11 is 6.35.